The number of halogens is 1. The fourth-order valence-corrected chi connectivity index (χ4v) is 5.77. The molecule has 3 heterocycles. The van der Waals surface area contributed by atoms with E-state index in [9.17, 15) is 9.59 Å². The Morgan fingerprint density at radius 1 is 1.17 bits per heavy atom. The minimum absolute atomic E-state index is 0.000302. The van der Waals surface area contributed by atoms with Crippen LogP contribution in [0.1, 0.15) is 83.2 Å². The van der Waals surface area contributed by atoms with Crippen molar-refractivity contribution in [1.82, 2.24) is 25.2 Å². The smallest absolute Gasteiger partial charge is 0.408 e. The first-order valence-electron chi connectivity index (χ1n) is 12.6. The molecular formula is C25H35ClN6O3S. The van der Waals surface area contributed by atoms with Crippen LogP contribution in [0, 0.1) is 6.92 Å². The van der Waals surface area contributed by atoms with Crippen molar-refractivity contribution >= 4 is 45.9 Å². The summed E-state index contributed by atoms with van der Waals surface area (Å²) in [5.41, 5.74) is -0.639. The van der Waals surface area contributed by atoms with Crippen LogP contribution in [0.25, 0.3) is 0 Å². The number of carbonyl (C=O) groups excluding carboxylic acids is 2. The number of rotatable bonds is 5. The van der Waals surface area contributed by atoms with E-state index in [1.165, 1.54) is 11.3 Å². The molecular weight excluding hydrogens is 500 g/mol. The second-order valence-corrected chi connectivity index (χ2v) is 12.3. The van der Waals surface area contributed by atoms with Crippen LogP contribution in [-0.4, -0.2) is 56.1 Å². The molecule has 0 bridgehead atoms. The third kappa shape index (κ3) is 6.64. The van der Waals surface area contributed by atoms with Crippen LogP contribution in [0.5, 0.6) is 0 Å². The molecule has 0 spiro atoms. The first kappa shape index (κ1) is 26.6. The Kier molecular flexibility index (Phi) is 8.04. The molecule has 11 heteroatoms. The van der Waals surface area contributed by atoms with Crippen LogP contribution in [0.15, 0.2) is 12.3 Å². The molecule has 2 N–H and O–H groups in total. The average Bonchev–Trinajstić information content (AvgIpc) is 3.22. The third-order valence-electron chi connectivity index (χ3n) is 6.59. The summed E-state index contributed by atoms with van der Waals surface area (Å²) in [6.07, 6.45) is 6.78. The number of alkyl carbamates (subject to hydrolysis) is 1. The van der Waals surface area contributed by atoms with Gasteiger partial charge in [0, 0.05) is 30.8 Å². The Labute approximate surface area is 221 Å². The summed E-state index contributed by atoms with van der Waals surface area (Å²) in [4.78, 5) is 41.9. The summed E-state index contributed by atoms with van der Waals surface area (Å²) in [5, 5.41) is 6.86. The first-order valence-corrected chi connectivity index (χ1v) is 13.8. The lowest BCUT2D eigenvalue weighted by Gasteiger charge is -2.42. The molecule has 9 nitrogen and oxygen atoms in total. The summed E-state index contributed by atoms with van der Waals surface area (Å²) in [5.74, 6) is 1.60. The number of nitrogens with one attached hydrogen (secondary N) is 2. The molecule has 4 rings (SSSR count). The summed E-state index contributed by atoms with van der Waals surface area (Å²) in [7, 11) is 0. The lowest BCUT2D eigenvalue weighted by atomic mass is 9.80. The molecule has 1 saturated carbocycles. The van der Waals surface area contributed by atoms with Crippen molar-refractivity contribution in [1.29, 1.82) is 0 Å². The zero-order valence-electron chi connectivity index (χ0n) is 21.4. The quantitative estimate of drug-likeness (QED) is 0.515. The second-order valence-electron chi connectivity index (χ2n) is 10.7. The van der Waals surface area contributed by atoms with Crippen LogP contribution in [-0.2, 0) is 9.53 Å². The molecule has 0 aromatic carbocycles. The predicted octanol–water partition coefficient (Wildman–Crippen LogP) is 5.57. The standard InChI is InChI=1S/C25H35ClN6O3S/c1-16-14-19(30-22-27-15-18(26)36-22)29-20(28-16)17-8-12-32(13-9-17)21(33)25(10-6-5-7-11-25)31-23(34)35-24(2,3)4/h14-15,17H,5-13H2,1-4H3,(H,31,34)(H,27,28,29,30). The number of likely N-dealkylation sites (tertiary alicyclic amines) is 1. The maximum absolute atomic E-state index is 13.7. The molecule has 196 valence electrons. The number of ether oxygens (including phenoxy) is 1. The van der Waals surface area contributed by atoms with E-state index in [1.807, 2.05) is 38.7 Å². The number of anilines is 2. The van der Waals surface area contributed by atoms with Gasteiger partial charge in [-0.1, -0.05) is 42.2 Å². The Hall–Kier alpha value is -2.46. The van der Waals surface area contributed by atoms with Crippen LogP contribution in [0.4, 0.5) is 15.7 Å². The van der Waals surface area contributed by atoms with E-state index in [0.29, 0.717) is 41.2 Å². The van der Waals surface area contributed by atoms with E-state index >= 15 is 0 Å². The van der Waals surface area contributed by atoms with Gasteiger partial charge >= 0.3 is 6.09 Å². The van der Waals surface area contributed by atoms with Gasteiger partial charge in [-0.15, -0.1) is 0 Å². The molecule has 1 saturated heterocycles. The van der Waals surface area contributed by atoms with Gasteiger partial charge in [0.2, 0.25) is 5.91 Å². The van der Waals surface area contributed by atoms with Crippen LogP contribution in [0.3, 0.4) is 0 Å². The van der Waals surface area contributed by atoms with Crippen molar-refractivity contribution in [3.8, 4) is 0 Å². The number of piperidine rings is 1. The maximum Gasteiger partial charge on any atom is 0.408 e. The zero-order chi connectivity index (χ0) is 25.9. The van der Waals surface area contributed by atoms with Crippen molar-refractivity contribution in [3.63, 3.8) is 0 Å². The van der Waals surface area contributed by atoms with Crippen molar-refractivity contribution < 1.29 is 14.3 Å². The predicted molar refractivity (Wildman–Crippen MR) is 141 cm³/mol. The van der Waals surface area contributed by atoms with Gasteiger partial charge in [-0.25, -0.2) is 19.7 Å². The Morgan fingerprint density at radius 3 is 2.47 bits per heavy atom. The van der Waals surface area contributed by atoms with Gasteiger partial charge < -0.3 is 20.3 Å². The van der Waals surface area contributed by atoms with E-state index in [1.54, 1.807) is 6.20 Å². The largest absolute Gasteiger partial charge is 0.444 e. The van der Waals surface area contributed by atoms with Gasteiger partial charge in [-0.2, -0.15) is 0 Å². The minimum atomic E-state index is -0.890. The van der Waals surface area contributed by atoms with Crippen LogP contribution < -0.4 is 10.6 Å². The van der Waals surface area contributed by atoms with Gasteiger partial charge in [0.25, 0.3) is 0 Å². The SMILES string of the molecule is Cc1cc(Nc2ncc(Cl)s2)nc(C2CCN(C(=O)C3(NC(=O)OC(C)(C)C)CCCCC3)CC2)n1. The highest BCUT2D eigenvalue weighted by Gasteiger charge is 2.45. The lowest BCUT2D eigenvalue weighted by Crippen LogP contribution is -2.62. The van der Waals surface area contributed by atoms with Crippen LogP contribution in [0.2, 0.25) is 4.34 Å². The van der Waals surface area contributed by atoms with Crippen LogP contribution >= 0.6 is 22.9 Å². The number of nitrogens with zero attached hydrogens (tertiary/aromatic N) is 4. The maximum atomic E-state index is 13.7. The zero-order valence-corrected chi connectivity index (χ0v) is 23.0. The molecule has 2 amide bonds. The molecule has 1 aliphatic heterocycles. The Bertz CT molecular complexity index is 1090. The number of carbonyl (C=O) groups is 2. The average molecular weight is 535 g/mol. The number of aryl methyl sites for hydroxylation is 1. The fraction of sp³-hybridized carbons (Fsp3) is 0.640. The van der Waals surface area contributed by atoms with Gasteiger partial charge in [-0.05, 0) is 53.4 Å². The topological polar surface area (TPSA) is 109 Å². The number of hydrogen-bond acceptors (Lipinski definition) is 8. The highest BCUT2D eigenvalue weighted by molar-refractivity contribution is 7.19. The molecule has 0 atom stereocenters. The van der Waals surface area contributed by atoms with E-state index in [2.05, 4.69) is 20.6 Å². The summed E-state index contributed by atoms with van der Waals surface area (Å²) < 4.78 is 6.10. The Morgan fingerprint density at radius 2 is 1.86 bits per heavy atom. The van der Waals surface area contributed by atoms with Crippen molar-refractivity contribution in [2.24, 2.45) is 0 Å². The van der Waals surface area contributed by atoms with E-state index in [0.717, 1.165) is 43.6 Å². The molecule has 2 aromatic rings. The summed E-state index contributed by atoms with van der Waals surface area (Å²) in [6, 6.07) is 1.88. The molecule has 36 heavy (non-hydrogen) atoms. The number of amides is 2. The summed E-state index contributed by atoms with van der Waals surface area (Å²) >= 11 is 7.35. The summed E-state index contributed by atoms with van der Waals surface area (Å²) in [6.45, 7) is 8.62. The van der Waals surface area contributed by atoms with Crippen molar-refractivity contribution in [2.45, 2.75) is 89.7 Å². The van der Waals surface area contributed by atoms with E-state index in [4.69, 9.17) is 21.3 Å². The van der Waals surface area contributed by atoms with Gasteiger partial charge in [0.1, 0.15) is 27.1 Å². The highest BCUT2D eigenvalue weighted by Crippen LogP contribution is 2.34. The number of thiazole rings is 1. The fourth-order valence-electron chi connectivity index (χ4n) is 4.95. The third-order valence-corrected chi connectivity index (χ3v) is 7.62. The Balaban J connectivity index is 1.42. The highest BCUT2D eigenvalue weighted by atomic mass is 35.5. The molecule has 0 radical (unpaired) electrons. The molecule has 2 aliphatic rings. The normalized spacial score (nSPS) is 18.5. The lowest BCUT2D eigenvalue weighted by molar-refractivity contribution is -0.141. The van der Waals surface area contributed by atoms with Crippen molar-refractivity contribution in [2.75, 3.05) is 18.4 Å². The van der Waals surface area contributed by atoms with Gasteiger partial charge in [-0.3, -0.25) is 4.79 Å². The number of aromatic nitrogens is 3. The van der Waals surface area contributed by atoms with E-state index < -0.39 is 17.2 Å². The minimum Gasteiger partial charge on any atom is -0.444 e. The monoisotopic (exact) mass is 534 g/mol. The van der Waals surface area contributed by atoms with E-state index in [-0.39, 0.29) is 11.8 Å². The van der Waals surface area contributed by atoms with Crippen molar-refractivity contribution in [3.05, 3.63) is 28.1 Å². The molecule has 2 fully saturated rings. The van der Waals surface area contributed by atoms with Gasteiger partial charge in [0.05, 0.1) is 6.20 Å². The first-order chi connectivity index (χ1) is 17.0. The van der Waals surface area contributed by atoms with Gasteiger partial charge in [0.15, 0.2) is 5.13 Å². The second kappa shape index (κ2) is 10.9. The molecule has 0 unspecified atom stereocenters. The molecule has 2 aromatic heterocycles. The number of hydrogen-bond donors (Lipinski definition) is 2. The molecule has 1 aliphatic carbocycles.